The average molecular weight is 323 g/mol. The van der Waals surface area contributed by atoms with Gasteiger partial charge in [-0.05, 0) is 0 Å². The van der Waals surface area contributed by atoms with Crippen molar-refractivity contribution in [2.24, 2.45) is 0 Å². The summed E-state index contributed by atoms with van der Waals surface area (Å²) >= 11 is 0. The molecular weight excluding hydrogens is 314 g/mol. The van der Waals surface area contributed by atoms with Crippen molar-refractivity contribution in [2.75, 3.05) is 0 Å². The van der Waals surface area contributed by atoms with Crippen LogP contribution in [0.4, 0.5) is 0 Å². The molecule has 0 aliphatic heterocycles. The summed E-state index contributed by atoms with van der Waals surface area (Å²) in [6.45, 7) is 0. The van der Waals surface area contributed by atoms with Crippen molar-refractivity contribution < 1.29 is 94.4 Å². The normalized spacial score (nSPS) is 0. The molecule has 0 saturated carbocycles. The maximum atomic E-state index is 0. The molecule has 8 heavy (non-hydrogen) atoms. The van der Waals surface area contributed by atoms with Crippen LogP contribution in [0.1, 0.15) is 4.28 Å². The Morgan fingerprint density at radius 2 is 0.875 bits per heavy atom. The van der Waals surface area contributed by atoms with E-state index in [2.05, 4.69) is 0 Å². The van der Waals surface area contributed by atoms with Gasteiger partial charge in [-0.25, -0.2) is 0 Å². The van der Waals surface area contributed by atoms with E-state index < -0.39 is 0 Å². The van der Waals surface area contributed by atoms with E-state index >= 15 is 0 Å². The molecule has 0 atom stereocenters. The minimum absolute atomic E-state index is 0. The van der Waals surface area contributed by atoms with Crippen molar-refractivity contribution in [1.29, 1.82) is 0 Å². The summed E-state index contributed by atoms with van der Waals surface area (Å²) < 4.78 is 0. The van der Waals surface area contributed by atoms with Crippen molar-refractivity contribution in [2.45, 2.75) is 0 Å². The SMILES string of the molecule is Cl.Cl.Cl.[AlH3].[B].[Ce].[H-].[H-].[H-].[Li+].[Na+]. The third kappa shape index (κ3) is 47.2. The van der Waals surface area contributed by atoms with Crippen LogP contribution < -0.4 is 48.4 Å². The third-order valence-electron chi connectivity index (χ3n) is 0. The Kier molecular flexibility index (Phi) is 653. The first kappa shape index (κ1) is 82.6. The third-order valence-corrected chi connectivity index (χ3v) is 0. The molecule has 43 valence electrons. The topological polar surface area (TPSA) is 0 Å². The predicted molar refractivity (Wildman–Crippen MR) is 40.8 cm³/mol. The van der Waals surface area contributed by atoms with Crippen LogP contribution in [0.5, 0.6) is 0 Å². The van der Waals surface area contributed by atoms with Gasteiger partial charge in [0, 0.05) is 50.2 Å². The predicted octanol–water partition coefficient (Wildman–Crippen LogP) is -5.95. The molecule has 0 saturated heterocycles. The maximum Gasteiger partial charge on any atom is 1.00 e. The molecule has 0 rings (SSSR count). The largest absolute Gasteiger partial charge is 1.00 e. The molecule has 0 N–H and O–H groups in total. The van der Waals surface area contributed by atoms with Crippen molar-refractivity contribution in [3.05, 3.63) is 0 Å². The molecule has 0 aliphatic carbocycles. The summed E-state index contributed by atoms with van der Waals surface area (Å²) in [6, 6.07) is 0. The zero-order chi connectivity index (χ0) is 0. The van der Waals surface area contributed by atoms with E-state index in [9.17, 15) is 0 Å². The smallest absolute Gasteiger partial charge is 1.00 e. The Morgan fingerprint density at radius 1 is 0.875 bits per heavy atom. The zero-order valence-corrected chi connectivity index (χ0v) is 11.9. The molecule has 8 heteroatoms. The van der Waals surface area contributed by atoms with Gasteiger partial charge < -0.3 is 4.28 Å². The van der Waals surface area contributed by atoms with Gasteiger partial charge in [0.05, 0.1) is 0 Å². The molecular formula is H9AlBCeCl3LiNa-. The zero-order valence-electron chi connectivity index (χ0n) is 7.30. The molecule has 0 fully saturated rings. The Morgan fingerprint density at radius 3 is 0.875 bits per heavy atom. The molecule has 0 aromatic carbocycles. The number of hydrogen-bond acceptors (Lipinski definition) is 0. The van der Waals surface area contributed by atoms with Gasteiger partial charge in [-0.1, -0.05) is 0 Å². The number of rotatable bonds is 0. The minimum atomic E-state index is 0. The van der Waals surface area contributed by atoms with Crippen LogP contribution in [0, 0.1) is 41.7 Å². The molecule has 0 heterocycles. The Labute approximate surface area is 154 Å². The fourth-order valence-corrected chi connectivity index (χ4v) is 0. The molecule has 0 spiro atoms. The summed E-state index contributed by atoms with van der Waals surface area (Å²) in [6.07, 6.45) is 0. The monoisotopic (exact) mass is 322 g/mol. The molecule has 0 aromatic rings. The van der Waals surface area contributed by atoms with Gasteiger partial charge in [0.2, 0.25) is 0 Å². The van der Waals surface area contributed by atoms with E-state index in [1.807, 2.05) is 0 Å². The van der Waals surface area contributed by atoms with Gasteiger partial charge >= 0.3 is 48.4 Å². The van der Waals surface area contributed by atoms with Crippen molar-refractivity contribution in [3.8, 4) is 0 Å². The molecule has 0 nitrogen and oxygen atoms in total. The van der Waals surface area contributed by atoms with Gasteiger partial charge in [0.15, 0.2) is 17.4 Å². The molecule has 0 amide bonds. The van der Waals surface area contributed by atoms with Gasteiger partial charge in [-0.2, -0.15) is 0 Å². The standard InChI is InChI=1S/Al.B.Ce.3ClH.Li.Na.6H/h;;;3*1H;;;;;;;;/q;;;;;;2*+1;;;;3*-1. The van der Waals surface area contributed by atoms with E-state index in [0.29, 0.717) is 0 Å². The fraction of sp³-hybridized carbons (Fsp3) is 0. The quantitative estimate of drug-likeness (QED) is 0.390. The summed E-state index contributed by atoms with van der Waals surface area (Å²) in [5.41, 5.74) is 0. The van der Waals surface area contributed by atoms with Crippen molar-refractivity contribution in [3.63, 3.8) is 0 Å². The summed E-state index contributed by atoms with van der Waals surface area (Å²) in [5, 5.41) is 0. The van der Waals surface area contributed by atoms with Crippen LogP contribution in [0.3, 0.4) is 0 Å². The number of hydrogen-bond donors (Lipinski definition) is 0. The van der Waals surface area contributed by atoms with E-state index in [1.54, 1.807) is 0 Å². The van der Waals surface area contributed by atoms with Crippen LogP contribution in [0.25, 0.3) is 0 Å². The summed E-state index contributed by atoms with van der Waals surface area (Å²) in [7, 11) is 0. The fourth-order valence-electron chi connectivity index (χ4n) is 0. The average Bonchev–Trinajstić information content (AvgIpc) is 0. The van der Waals surface area contributed by atoms with Crippen LogP contribution in [0.2, 0.25) is 0 Å². The second-order valence-electron chi connectivity index (χ2n) is 0. The maximum absolute atomic E-state index is 0. The molecule has 0 aliphatic rings. The van der Waals surface area contributed by atoms with Gasteiger partial charge in [-0.15, -0.1) is 37.2 Å². The van der Waals surface area contributed by atoms with Crippen molar-refractivity contribution >= 4 is 63.0 Å². The second kappa shape index (κ2) is 63.2. The Bertz CT molecular complexity index is 28.5. The van der Waals surface area contributed by atoms with Gasteiger partial charge in [0.25, 0.3) is 0 Å². The van der Waals surface area contributed by atoms with E-state index in [0.717, 1.165) is 0 Å². The van der Waals surface area contributed by atoms with E-state index in [-0.39, 0.29) is 157 Å². The first-order valence-corrected chi connectivity index (χ1v) is 0. The molecule has 0 unspecified atom stereocenters. The van der Waals surface area contributed by atoms with Gasteiger partial charge in [-0.3, -0.25) is 0 Å². The Hall–Kier alpha value is 4.44. The molecule has 0 aromatic heterocycles. The van der Waals surface area contributed by atoms with Crippen molar-refractivity contribution in [1.82, 2.24) is 0 Å². The molecule has 0 bridgehead atoms. The molecule has 3 radical (unpaired) electrons. The second-order valence-corrected chi connectivity index (χ2v) is 0. The number of halogens is 3. The van der Waals surface area contributed by atoms with Gasteiger partial charge in [0.1, 0.15) is 0 Å². The van der Waals surface area contributed by atoms with Crippen LogP contribution >= 0.6 is 37.2 Å². The van der Waals surface area contributed by atoms with Crippen LogP contribution in [-0.4, -0.2) is 25.8 Å². The van der Waals surface area contributed by atoms with Crippen LogP contribution in [-0.2, 0) is 0 Å². The van der Waals surface area contributed by atoms with E-state index in [4.69, 9.17) is 0 Å². The summed E-state index contributed by atoms with van der Waals surface area (Å²) in [5.74, 6) is 0. The first-order valence-electron chi connectivity index (χ1n) is 0. The van der Waals surface area contributed by atoms with Crippen LogP contribution in [0.15, 0.2) is 0 Å². The minimum Gasteiger partial charge on any atom is -1.00 e. The van der Waals surface area contributed by atoms with E-state index in [1.165, 1.54) is 0 Å². The summed E-state index contributed by atoms with van der Waals surface area (Å²) in [4.78, 5) is 0. The Balaban J connectivity index is 0. The first-order chi connectivity index (χ1) is 0.